The van der Waals surface area contributed by atoms with Crippen molar-refractivity contribution in [2.75, 3.05) is 19.7 Å². The fourth-order valence-corrected chi connectivity index (χ4v) is 1.84. The monoisotopic (exact) mass is 189 g/mol. The molecule has 4 heteroatoms. The predicted molar refractivity (Wildman–Crippen MR) is 49.4 cm³/mol. The van der Waals surface area contributed by atoms with Gasteiger partial charge in [-0.15, -0.1) is 0 Å². The molecule has 4 nitrogen and oxygen atoms in total. The molecule has 0 spiro atoms. The summed E-state index contributed by atoms with van der Waals surface area (Å²) >= 11 is 0. The molecule has 0 aliphatic carbocycles. The summed E-state index contributed by atoms with van der Waals surface area (Å²) in [5.41, 5.74) is -0.766. The van der Waals surface area contributed by atoms with Gasteiger partial charge < -0.3 is 15.3 Å². The topological polar surface area (TPSA) is 63.9 Å². The Balaban J connectivity index is 2.49. The zero-order chi connectivity index (χ0) is 10.1. The molecule has 13 heavy (non-hydrogen) atoms. The van der Waals surface area contributed by atoms with E-state index >= 15 is 0 Å². The van der Waals surface area contributed by atoms with E-state index in [9.17, 15) is 10.2 Å². The maximum atomic E-state index is 9.57. The van der Waals surface area contributed by atoms with Crippen molar-refractivity contribution in [1.29, 1.82) is 0 Å². The van der Waals surface area contributed by atoms with Gasteiger partial charge in [0.1, 0.15) is 0 Å². The molecule has 0 aromatic carbocycles. The van der Waals surface area contributed by atoms with Crippen LogP contribution in [-0.2, 0) is 0 Å². The van der Waals surface area contributed by atoms with Gasteiger partial charge in [0.25, 0.3) is 0 Å². The number of β-amino-alcohol motifs (C(OH)–C–C–N with tert-alkyl or cyclic N) is 2. The first kappa shape index (κ1) is 10.9. The molecule has 1 heterocycles. The molecule has 0 unspecified atom stereocenters. The van der Waals surface area contributed by atoms with E-state index in [4.69, 9.17) is 5.11 Å². The Morgan fingerprint density at radius 3 is 2.54 bits per heavy atom. The SMILES string of the molecule is CC(C)(O)CN1C[C@H](O)C[C@H]1CO. The fraction of sp³-hybridized carbons (Fsp3) is 1.00. The zero-order valence-electron chi connectivity index (χ0n) is 8.27. The number of nitrogens with zero attached hydrogens (tertiary/aromatic N) is 1. The second-order valence-corrected chi connectivity index (χ2v) is 4.47. The van der Waals surface area contributed by atoms with Crippen LogP contribution < -0.4 is 0 Å². The van der Waals surface area contributed by atoms with Crippen LogP contribution in [0.5, 0.6) is 0 Å². The van der Waals surface area contributed by atoms with Crippen molar-refractivity contribution < 1.29 is 15.3 Å². The number of rotatable bonds is 3. The van der Waals surface area contributed by atoms with Crippen molar-refractivity contribution in [2.24, 2.45) is 0 Å². The lowest BCUT2D eigenvalue weighted by Gasteiger charge is -2.29. The fourth-order valence-electron chi connectivity index (χ4n) is 1.84. The Morgan fingerprint density at radius 2 is 2.08 bits per heavy atom. The maximum Gasteiger partial charge on any atom is 0.0718 e. The Kier molecular flexibility index (Phi) is 3.29. The highest BCUT2D eigenvalue weighted by molar-refractivity contribution is 4.87. The van der Waals surface area contributed by atoms with Crippen molar-refractivity contribution in [3.63, 3.8) is 0 Å². The van der Waals surface area contributed by atoms with E-state index in [1.54, 1.807) is 13.8 Å². The van der Waals surface area contributed by atoms with Crippen LogP contribution in [0.3, 0.4) is 0 Å². The summed E-state index contributed by atoms with van der Waals surface area (Å²) in [6, 6.07) is 0.00132. The van der Waals surface area contributed by atoms with Crippen LogP contribution in [0.1, 0.15) is 20.3 Å². The molecule has 1 aliphatic rings. The molecule has 78 valence electrons. The average Bonchev–Trinajstić information content (AvgIpc) is 2.27. The van der Waals surface area contributed by atoms with Crippen molar-refractivity contribution in [1.82, 2.24) is 4.90 Å². The molecule has 0 bridgehead atoms. The highest BCUT2D eigenvalue weighted by Crippen LogP contribution is 2.19. The van der Waals surface area contributed by atoms with Gasteiger partial charge in [-0.1, -0.05) is 0 Å². The third kappa shape index (κ3) is 3.23. The molecule has 1 saturated heterocycles. The Labute approximate surface area is 78.8 Å². The van der Waals surface area contributed by atoms with E-state index in [1.807, 2.05) is 4.90 Å². The highest BCUT2D eigenvalue weighted by atomic mass is 16.3. The first-order chi connectivity index (χ1) is 5.92. The van der Waals surface area contributed by atoms with Crippen LogP contribution in [0.15, 0.2) is 0 Å². The molecule has 3 N–H and O–H groups in total. The average molecular weight is 189 g/mol. The summed E-state index contributed by atoms with van der Waals surface area (Å²) in [5.74, 6) is 0. The molecule has 0 aromatic rings. The van der Waals surface area contributed by atoms with Gasteiger partial charge in [-0.25, -0.2) is 0 Å². The first-order valence-corrected chi connectivity index (χ1v) is 4.68. The predicted octanol–water partition coefficient (Wildman–Crippen LogP) is -0.815. The normalized spacial score (nSPS) is 31.2. The minimum atomic E-state index is -0.766. The van der Waals surface area contributed by atoms with Gasteiger partial charge >= 0.3 is 0 Å². The summed E-state index contributed by atoms with van der Waals surface area (Å²) in [6.45, 7) is 4.55. The number of aliphatic hydroxyl groups is 3. The molecule has 1 fully saturated rings. The van der Waals surface area contributed by atoms with Gasteiger partial charge in [-0.2, -0.15) is 0 Å². The van der Waals surface area contributed by atoms with Crippen LogP contribution >= 0.6 is 0 Å². The van der Waals surface area contributed by atoms with Crippen LogP contribution in [0.2, 0.25) is 0 Å². The lowest BCUT2D eigenvalue weighted by molar-refractivity contribution is 0.0214. The number of aliphatic hydroxyl groups excluding tert-OH is 2. The standard InChI is InChI=1S/C9H19NO3/c1-9(2,13)6-10-4-8(12)3-7(10)5-11/h7-8,11-13H,3-6H2,1-2H3/t7-,8+/m0/s1. The van der Waals surface area contributed by atoms with E-state index in [1.165, 1.54) is 0 Å². The van der Waals surface area contributed by atoms with Gasteiger partial charge in [0.05, 0.1) is 18.3 Å². The van der Waals surface area contributed by atoms with Crippen molar-refractivity contribution in [2.45, 2.75) is 38.0 Å². The second kappa shape index (κ2) is 3.92. The van der Waals surface area contributed by atoms with E-state index in [0.29, 0.717) is 19.5 Å². The van der Waals surface area contributed by atoms with Gasteiger partial charge in [0.15, 0.2) is 0 Å². The largest absolute Gasteiger partial charge is 0.395 e. The van der Waals surface area contributed by atoms with Crippen molar-refractivity contribution >= 4 is 0 Å². The lowest BCUT2D eigenvalue weighted by atomic mass is 10.1. The van der Waals surface area contributed by atoms with Crippen LogP contribution in [0, 0.1) is 0 Å². The molecule has 0 saturated carbocycles. The lowest BCUT2D eigenvalue weighted by Crippen LogP contribution is -2.42. The molecule has 0 aromatic heterocycles. The first-order valence-electron chi connectivity index (χ1n) is 4.68. The zero-order valence-corrected chi connectivity index (χ0v) is 8.27. The smallest absolute Gasteiger partial charge is 0.0718 e. The molecule has 2 atom stereocenters. The molecule has 0 amide bonds. The molecule has 1 rings (SSSR count). The van der Waals surface area contributed by atoms with E-state index in [2.05, 4.69) is 0 Å². The summed E-state index contributed by atoms with van der Waals surface area (Å²) in [6.07, 6.45) is 0.242. The molecular weight excluding hydrogens is 170 g/mol. The Morgan fingerprint density at radius 1 is 1.46 bits per heavy atom. The van der Waals surface area contributed by atoms with Crippen LogP contribution in [0.25, 0.3) is 0 Å². The summed E-state index contributed by atoms with van der Waals surface area (Å²) in [4.78, 5) is 1.94. The van der Waals surface area contributed by atoms with E-state index in [-0.39, 0.29) is 18.8 Å². The molecule has 1 aliphatic heterocycles. The van der Waals surface area contributed by atoms with E-state index in [0.717, 1.165) is 0 Å². The second-order valence-electron chi connectivity index (χ2n) is 4.47. The molecule has 0 radical (unpaired) electrons. The van der Waals surface area contributed by atoms with E-state index < -0.39 is 5.60 Å². The third-order valence-electron chi connectivity index (χ3n) is 2.31. The summed E-state index contributed by atoms with van der Waals surface area (Å²) in [7, 11) is 0. The quantitative estimate of drug-likeness (QED) is 0.543. The Bertz CT molecular complexity index is 167. The number of hydrogen-bond donors (Lipinski definition) is 3. The third-order valence-corrected chi connectivity index (χ3v) is 2.31. The van der Waals surface area contributed by atoms with Crippen LogP contribution in [0.4, 0.5) is 0 Å². The number of likely N-dealkylation sites (tertiary alicyclic amines) is 1. The summed E-state index contributed by atoms with van der Waals surface area (Å²) in [5, 5.41) is 28.0. The van der Waals surface area contributed by atoms with Crippen molar-refractivity contribution in [3.8, 4) is 0 Å². The molecular formula is C9H19NO3. The van der Waals surface area contributed by atoms with Gasteiger partial charge in [-0.3, -0.25) is 4.90 Å². The summed E-state index contributed by atoms with van der Waals surface area (Å²) < 4.78 is 0. The van der Waals surface area contributed by atoms with Gasteiger partial charge in [0.2, 0.25) is 0 Å². The number of hydrogen-bond acceptors (Lipinski definition) is 4. The Hall–Kier alpha value is -0.160. The minimum absolute atomic E-state index is 0.00132. The van der Waals surface area contributed by atoms with Gasteiger partial charge in [0, 0.05) is 19.1 Å². The van der Waals surface area contributed by atoms with Crippen molar-refractivity contribution in [3.05, 3.63) is 0 Å². The van der Waals surface area contributed by atoms with Crippen LogP contribution in [-0.4, -0.2) is 57.7 Å². The highest BCUT2D eigenvalue weighted by Gasteiger charge is 2.33. The minimum Gasteiger partial charge on any atom is -0.395 e. The van der Waals surface area contributed by atoms with Gasteiger partial charge in [-0.05, 0) is 20.3 Å². The maximum absolute atomic E-state index is 9.57.